The summed E-state index contributed by atoms with van der Waals surface area (Å²) in [6.45, 7) is 1.50. The van der Waals surface area contributed by atoms with Crippen molar-refractivity contribution in [3.63, 3.8) is 0 Å². The lowest BCUT2D eigenvalue weighted by Crippen LogP contribution is -2.12. The van der Waals surface area contributed by atoms with E-state index in [1.54, 1.807) is 26.0 Å². The van der Waals surface area contributed by atoms with Crippen LogP contribution < -0.4 is 14.8 Å². The van der Waals surface area contributed by atoms with Crippen LogP contribution in [-0.2, 0) is 24.1 Å². The number of amides is 1. The number of thioether (sulfide) groups is 1. The summed E-state index contributed by atoms with van der Waals surface area (Å²) in [5.74, 6) is 2.02. The highest BCUT2D eigenvalue weighted by Gasteiger charge is 2.27. The normalized spacial score (nSPS) is 12.2. The summed E-state index contributed by atoms with van der Waals surface area (Å²) in [7, 11) is 3.34. The first-order valence-corrected chi connectivity index (χ1v) is 12.3. The number of methoxy groups -OCH3 is 2. The fourth-order valence-electron chi connectivity index (χ4n) is 4.55. The Morgan fingerprint density at radius 3 is 2.50 bits per heavy atom. The quantitative estimate of drug-likeness (QED) is 0.320. The Labute approximate surface area is 202 Å². The van der Waals surface area contributed by atoms with Crippen LogP contribution in [0.25, 0.3) is 16.9 Å². The lowest BCUT2D eigenvalue weighted by Gasteiger charge is -2.22. The molecule has 0 aliphatic heterocycles. The van der Waals surface area contributed by atoms with E-state index < -0.39 is 0 Å². The number of carbonyl (C=O) groups is 1. The first kappa shape index (κ1) is 22.3. The molecule has 4 aromatic rings. The topological polar surface area (TPSA) is 77.8 Å². The smallest absolute Gasteiger partial charge is 0.222 e. The van der Waals surface area contributed by atoms with Gasteiger partial charge in [0.05, 0.1) is 19.9 Å². The molecule has 5 rings (SSSR count). The number of rotatable bonds is 6. The van der Waals surface area contributed by atoms with Crippen molar-refractivity contribution in [2.24, 2.45) is 0 Å². The van der Waals surface area contributed by atoms with E-state index in [1.807, 2.05) is 34.8 Å². The van der Waals surface area contributed by atoms with Crippen LogP contribution in [0, 0.1) is 0 Å². The summed E-state index contributed by atoms with van der Waals surface area (Å²) < 4.78 is 12.7. The van der Waals surface area contributed by atoms with Gasteiger partial charge in [-0.3, -0.25) is 4.79 Å². The lowest BCUT2D eigenvalue weighted by atomic mass is 9.89. The third-order valence-electron chi connectivity index (χ3n) is 6.16. The predicted molar refractivity (Wildman–Crippen MR) is 134 cm³/mol. The minimum Gasteiger partial charge on any atom is -0.497 e. The number of fused-ring (bicyclic) bond motifs is 5. The van der Waals surface area contributed by atoms with Gasteiger partial charge in [-0.1, -0.05) is 12.1 Å². The second-order valence-corrected chi connectivity index (χ2v) is 9.03. The molecule has 2 aromatic carbocycles. The summed E-state index contributed by atoms with van der Waals surface area (Å²) in [6, 6.07) is 14.1. The number of benzene rings is 2. The second-order valence-electron chi connectivity index (χ2n) is 8.24. The fraction of sp³-hybridized carbons (Fsp3) is 0.269. The van der Waals surface area contributed by atoms with Gasteiger partial charge in [-0.05, 0) is 60.6 Å². The van der Waals surface area contributed by atoms with Gasteiger partial charge >= 0.3 is 0 Å². The average molecular weight is 475 g/mol. The van der Waals surface area contributed by atoms with Crippen molar-refractivity contribution in [1.29, 1.82) is 0 Å². The van der Waals surface area contributed by atoms with Crippen LogP contribution in [0.4, 0.5) is 5.82 Å². The molecular formula is C26H26N4O3S. The molecule has 0 fully saturated rings. The van der Waals surface area contributed by atoms with Gasteiger partial charge in [-0.2, -0.15) is 0 Å². The Bertz CT molecular complexity index is 1400. The number of anilines is 1. The number of aromatic nitrogens is 3. The van der Waals surface area contributed by atoms with Gasteiger partial charge in [-0.15, -0.1) is 16.9 Å². The largest absolute Gasteiger partial charge is 0.497 e. The highest BCUT2D eigenvalue weighted by atomic mass is 32.2. The van der Waals surface area contributed by atoms with Gasteiger partial charge in [0.2, 0.25) is 5.91 Å². The van der Waals surface area contributed by atoms with Gasteiger partial charge in [0, 0.05) is 30.0 Å². The fourth-order valence-corrected chi connectivity index (χ4v) is 5.17. The SMILES string of the molecule is COc1ccc(Cc2c(NC(C)=O)nn3c4c(c(SC)nc23)CCc2cc(OC)ccc2-4)cc1. The molecule has 1 amide bonds. The van der Waals surface area contributed by atoms with Gasteiger partial charge in [-0.25, -0.2) is 9.50 Å². The zero-order chi connectivity index (χ0) is 23.8. The maximum absolute atomic E-state index is 12.0. The number of aryl methyl sites for hydroxylation is 1. The van der Waals surface area contributed by atoms with Gasteiger partial charge in [0.25, 0.3) is 0 Å². The van der Waals surface area contributed by atoms with E-state index in [4.69, 9.17) is 19.6 Å². The molecule has 7 nitrogen and oxygen atoms in total. The molecule has 0 bridgehead atoms. The van der Waals surface area contributed by atoms with E-state index in [1.165, 1.54) is 18.1 Å². The highest BCUT2D eigenvalue weighted by Crippen LogP contribution is 2.40. The van der Waals surface area contributed by atoms with Crippen molar-refractivity contribution >= 4 is 29.1 Å². The molecule has 8 heteroatoms. The van der Waals surface area contributed by atoms with Crippen molar-refractivity contribution in [3.05, 3.63) is 64.7 Å². The molecule has 0 atom stereocenters. The molecule has 0 radical (unpaired) electrons. The molecule has 0 saturated heterocycles. The van der Waals surface area contributed by atoms with Gasteiger partial charge in [0.1, 0.15) is 16.5 Å². The van der Waals surface area contributed by atoms with Crippen LogP contribution in [0.3, 0.4) is 0 Å². The van der Waals surface area contributed by atoms with Crippen molar-refractivity contribution in [2.75, 3.05) is 25.8 Å². The molecule has 34 heavy (non-hydrogen) atoms. The Kier molecular flexibility index (Phi) is 5.91. The number of nitrogens with zero attached hydrogens (tertiary/aromatic N) is 3. The molecule has 0 saturated carbocycles. The number of ether oxygens (including phenoxy) is 2. The van der Waals surface area contributed by atoms with Crippen LogP contribution in [0.15, 0.2) is 47.5 Å². The summed E-state index contributed by atoms with van der Waals surface area (Å²) in [4.78, 5) is 17.1. The minimum absolute atomic E-state index is 0.163. The Hall–Kier alpha value is -3.52. The Morgan fingerprint density at radius 1 is 1.09 bits per heavy atom. The monoisotopic (exact) mass is 474 g/mol. The van der Waals surface area contributed by atoms with Crippen molar-refractivity contribution in [2.45, 2.75) is 31.2 Å². The molecule has 1 aliphatic carbocycles. The standard InChI is InChI=1S/C26H26N4O3S/c1-15(31)27-24-22(13-16-5-8-18(32-2)9-6-16)25-28-26(34-4)21-11-7-17-14-19(33-3)10-12-20(17)23(21)30(25)29-24/h5-6,8-10,12,14H,7,11,13H2,1-4H3,(H,27,29,31). The van der Waals surface area contributed by atoms with Crippen LogP contribution in [-0.4, -0.2) is 41.0 Å². The third kappa shape index (κ3) is 3.88. The summed E-state index contributed by atoms with van der Waals surface area (Å²) in [6.07, 6.45) is 4.42. The minimum atomic E-state index is -0.163. The van der Waals surface area contributed by atoms with Crippen molar-refractivity contribution in [1.82, 2.24) is 14.6 Å². The molecule has 2 aromatic heterocycles. The van der Waals surface area contributed by atoms with E-state index in [2.05, 4.69) is 23.7 Å². The zero-order valence-corrected chi connectivity index (χ0v) is 20.5. The highest BCUT2D eigenvalue weighted by molar-refractivity contribution is 7.98. The van der Waals surface area contributed by atoms with Gasteiger partial charge < -0.3 is 14.8 Å². The van der Waals surface area contributed by atoms with E-state index in [0.29, 0.717) is 12.2 Å². The zero-order valence-electron chi connectivity index (χ0n) is 19.6. The lowest BCUT2D eigenvalue weighted by molar-refractivity contribution is -0.114. The molecule has 174 valence electrons. The number of hydrogen-bond donors (Lipinski definition) is 1. The molecule has 0 spiro atoms. The van der Waals surface area contributed by atoms with Crippen LogP contribution in [0.1, 0.15) is 29.2 Å². The molecule has 2 heterocycles. The summed E-state index contributed by atoms with van der Waals surface area (Å²) in [5.41, 5.74) is 7.29. The second kappa shape index (κ2) is 9.02. The first-order chi connectivity index (χ1) is 16.5. The van der Waals surface area contributed by atoms with E-state index in [0.717, 1.165) is 57.4 Å². The molecule has 1 aliphatic rings. The molecule has 1 N–H and O–H groups in total. The maximum atomic E-state index is 12.0. The number of hydrogen-bond acceptors (Lipinski definition) is 6. The molecule has 0 unspecified atom stereocenters. The van der Waals surface area contributed by atoms with E-state index >= 15 is 0 Å². The number of carbonyl (C=O) groups excluding carboxylic acids is 1. The third-order valence-corrected chi connectivity index (χ3v) is 6.88. The summed E-state index contributed by atoms with van der Waals surface area (Å²) >= 11 is 1.64. The maximum Gasteiger partial charge on any atom is 0.222 e. The average Bonchev–Trinajstić information content (AvgIpc) is 3.18. The predicted octanol–water partition coefficient (Wildman–Crippen LogP) is 4.78. The Morgan fingerprint density at radius 2 is 1.82 bits per heavy atom. The Balaban J connectivity index is 1.74. The number of nitrogens with one attached hydrogen (secondary N) is 1. The first-order valence-electron chi connectivity index (χ1n) is 11.1. The van der Waals surface area contributed by atoms with Crippen LogP contribution in [0.5, 0.6) is 11.5 Å². The van der Waals surface area contributed by atoms with Crippen LogP contribution >= 0.6 is 11.8 Å². The van der Waals surface area contributed by atoms with E-state index in [-0.39, 0.29) is 5.91 Å². The van der Waals surface area contributed by atoms with Crippen molar-refractivity contribution < 1.29 is 14.3 Å². The summed E-state index contributed by atoms with van der Waals surface area (Å²) in [5, 5.41) is 8.79. The van der Waals surface area contributed by atoms with Gasteiger partial charge in [0.15, 0.2) is 11.5 Å². The molecular weight excluding hydrogens is 448 g/mol. The van der Waals surface area contributed by atoms with E-state index in [9.17, 15) is 4.79 Å². The van der Waals surface area contributed by atoms with Crippen molar-refractivity contribution in [3.8, 4) is 22.8 Å². The van der Waals surface area contributed by atoms with Crippen LogP contribution in [0.2, 0.25) is 0 Å².